The number of carbonyl (C=O) groups is 3. The smallest absolute Gasteiger partial charge is 0.338 e. The van der Waals surface area contributed by atoms with Crippen LogP contribution in [0.3, 0.4) is 0 Å². The number of rotatable bonds is 2. The molecule has 0 aliphatic heterocycles. The van der Waals surface area contributed by atoms with E-state index in [0.29, 0.717) is 0 Å². The number of hydrogen-bond donors (Lipinski definition) is 0. The first-order valence-electron chi connectivity index (χ1n) is 4.20. The molecule has 0 aromatic heterocycles. The van der Waals surface area contributed by atoms with E-state index in [0.717, 1.165) is 0 Å². The zero-order valence-electron chi connectivity index (χ0n) is 8.40. The molecule has 0 aromatic carbocycles. The number of methoxy groups -OCH3 is 2. The van der Waals surface area contributed by atoms with Gasteiger partial charge in [0.1, 0.15) is 0 Å². The summed E-state index contributed by atoms with van der Waals surface area (Å²) in [5, 5.41) is 0. The highest BCUT2D eigenvalue weighted by Gasteiger charge is 2.25. The van der Waals surface area contributed by atoms with Crippen LogP contribution < -0.4 is 0 Å². The maximum Gasteiger partial charge on any atom is 0.338 e. The Balaban J connectivity index is 3.13. The van der Waals surface area contributed by atoms with Gasteiger partial charge in [-0.15, -0.1) is 0 Å². The standard InChI is InChI=1S/C10H10O5/c1-14-9(12)7-4-3-6(11)5-8(7)10(13)15-2/h3-4H,5H2,1-2H3. The van der Waals surface area contributed by atoms with Crippen LogP contribution >= 0.6 is 0 Å². The van der Waals surface area contributed by atoms with Crippen LogP contribution in [0.2, 0.25) is 0 Å². The third-order valence-electron chi connectivity index (χ3n) is 1.95. The number of hydrogen-bond acceptors (Lipinski definition) is 5. The summed E-state index contributed by atoms with van der Waals surface area (Å²) in [6, 6.07) is 0. The second-order valence-electron chi connectivity index (χ2n) is 2.85. The van der Waals surface area contributed by atoms with Crippen LogP contribution in [0.15, 0.2) is 23.3 Å². The van der Waals surface area contributed by atoms with Crippen LogP contribution in [0.25, 0.3) is 0 Å². The summed E-state index contributed by atoms with van der Waals surface area (Å²) < 4.78 is 8.95. The maximum atomic E-state index is 11.3. The van der Waals surface area contributed by atoms with E-state index in [9.17, 15) is 14.4 Å². The molecular formula is C10H10O5. The third kappa shape index (κ3) is 2.31. The van der Waals surface area contributed by atoms with Crippen molar-refractivity contribution in [2.45, 2.75) is 6.42 Å². The lowest BCUT2D eigenvalue weighted by Crippen LogP contribution is -2.18. The molecular weight excluding hydrogens is 200 g/mol. The fourth-order valence-electron chi connectivity index (χ4n) is 1.21. The number of esters is 2. The third-order valence-corrected chi connectivity index (χ3v) is 1.95. The molecule has 0 spiro atoms. The molecule has 0 saturated heterocycles. The molecule has 5 nitrogen and oxygen atoms in total. The number of ether oxygens (including phenoxy) is 2. The summed E-state index contributed by atoms with van der Waals surface area (Å²) in [6.07, 6.45) is 2.37. The van der Waals surface area contributed by atoms with Crippen molar-refractivity contribution in [2.24, 2.45) is 0 Å². The second kappa shape index (κ2) is 4.54. The quantitative estimate of drug-likeness (QED) is 0.607. The van der Waals surface area contributed by atoms with Gasteiger partial charge in [-0.2, -0.15) is 0 Å². The molecule has 1 aliphatic carbocycles. The summed E-state index contributed by atoms with van der Waals surface area (Å²) in [5.41, 5.74) is 0.112. The zero-order chi connectivity index (χ0) is 11.4. The van der Waals surface area contributed by atoms with Crippen molar-refractivity contribution in [1.82, 2.24) is 0 Å². The van der Waals surface area contributed by atoms with Crippen molar-refractivity contribution >= 4 is 17.7 Å². The van der Waals surface area contributed by atoms with E-state index in [1.165, 1.54) is 26.4 Å². The van der Waals surface area contributed by atoms with Gasteiger partial charge in [0.25, 0.3) is 0 Å². The summed E-state index contributed by atoms with van der Waals surface area (Å²) in [5.74, 6) is -1.59. The van der Waals surface area contributed by atoms with E-state index in [-0.39, 0.29) is 23.4 Å². The molecule has 1 aliphatic rings. The van der Waals surface area contributed by atoms with Gasteiger partial charge >= 0.3 is 11.9 Å². The highest BCUT2D eigenvalue weighted by molar-refractivity contribution is 6.10. The van der Waals surface area contributed by atoms with Gasteiger partial charge in [0.2, 0.25) is 0 Å². The van der Waals surface area contributed by atoms with Crippen molar-refractivity contribution in [1.29, 1.82) is 0 Å². The van der Waals surface area contributed by atoms with E-state index in [2.05, 4.69) is 9.47 Å². The van der Waals surface area contributed by atoms with Gasteiger partial charge in [0, 0.05) is 6.42 Å². The van der Waals surface area contributed by atoms with Crippen LogP contribution in [0.4, 0.5) is 0 Å². The second-order valence-corrected chi connectivity index (χ2v) is 2.85. The van der Waals surface area contributed by atoms with E-state index >= 15 is 0 Å². The van der Waals surface area contributed by atoms with E-state index in [1.54, 1.807) is 0 Å². The summed E-state index contributed by atoms with van der Waals surface area (Å²) in [7, 11) is 2.39. The van der Waals surface area contributed by atoms with Gasteiger partial charge in [0.15, 0.2) is 5.78 Å². The Morgan fingerprint density at radius 2 is 1.73 bits per heavy atom. The Bertz CT molecular complexity index is 375. The molecule has 80 valence electrons. The first kappa shape index (κ1) is 11.2. The van der Waals surface area contributed by atoms with E-state index < -0.39 is 11.9 Å². The van der Waals surface area contributed by atoms with Crippen molar-refractivity contribution in [3.05, 3.63) is 23.3 Å². The van der Waals surface area contributed by atoms with Gasteiger partial charge in [-0.1, -0.05) is 0 Å². The number of allylic oxidation sites excluding steroid dienone is 1. The van der Waals surface area contributed by atoms with Crippen molar-refractivity contribution < 1.29 is 23.9 Å². The molecule has 5 heteroatoms. The predicted octanol–water partition coefficient (Wildman–Crippen LogP) is 0.158. The van der Waals surface area contributed by atoms with Crippen LogP contribution in [-0.2, 0) is 23.9 Å². The van der Waals surface area contributed by atoms with Crippen LogP contribution in [0.1, 0.15) is 6.42 Å². The molecule has 0 radical (unpaired) electrons. The summed E-state index contributed by atoms with van der Waals surface area (Å²) in [6.45, 7) is 0. The van der Waals surface area contributed by atoms with Gasteiger partial charge < -0.3 is 9.47 Å². The largest absolute Gasteiger partial charge is 0.466 e. The Hall–Kier alpha value is -1.91. The van der Waals surface area contributed by atoms with Crippen molar-refractivity contribution in [3.63, 3.8) is 0 Å². The van der Waals surface area contributed by atoms with Crippen LogP contribution in [-0.4, -0.2) is 31.9 Å². The Labute approximate surface area is 86.4 Å². The normalized spacial score (nSPS) is 15.2. The maximum absolute atomic E-state index is 11.3. The number of ketones is 1. The van der Waals surface area contributed by atoms with E-state index in [1.807, 2.05) is 0 Å². The monoisotopic (exact) mass is 210 g/mol. The molecule has 0 unspecified atom stereocenters. The molecule has 1 rings (SSSR count). The first-order valence-corrected chi connectivity index (χ1v) is 4.20. The fraction of sp³-hybridized carbons (Fsp3) is 0.300. The topological polar surface area (TPSA) is 69.7 Å². The molecule has 0 bridgehead atoms. The molecule has 0 saturated carbocycles. The highest BCUT2D eigenvalue weighted by Crippen LogP contribution is 2.19. The highest BCUT2D eigenvalue weighted by atomic mass is 16.5. The predicted molar refractivity (Wildman–Crippen MR) is 49.8 cm³/mol. The van der Waals surface area contributed by atoms with Crippen LogP contribution in [0, 0.1) is 0 Å². The van der Waals surface area contributed by atoms with Crippen molar-refractivity contribution in [3.8, 4) is 0 Å². The summed E-state index contributed by atoms with van der Waals surface area (Å²) >= 11 is 0. The molecule has 0 atom stereocenters. The molecule has 0 N–H and O–H groups in total. The number of carbonyl (C=O) groups excluding carboxylic acids is 3. The van der Waals surface area contributed by atoms with Gasteiger partial charge in [0.05, 0.1) is 25.4 Å². The molecule has 0 fully saturated rings. The molecule has 0 aromatic rings. The lowest BCUT2D eigenvalue weighted by molar-refractivity contribution is -0.139. The minimum absolute atomic E-state index is 0.0388. The Morgan fingerprint density at radius 3 is 2.27 bits per heavy atom. The lowest BCUT2D eigenvalue weighted by atomic mass is 9.97. The molecule has 0 heterocycles. The van der Waals surface area contributed by atoms with Crippen LogP contribution in [0.5, 0.6) is 0 Å². The zero-order valence-corrected chi connectivity index (χ0v) is 8.40. The lowest BCUT2D eigenvalue weighted by Gasteiger charge is -2.11. The summed E-state index contributed by atoms with van der Waals surface area (Å²) in [4.78, 5) is 33.6. The first-order chi connectivity index (χ1) is 7.10. The van der Waals surface area contributed by atoms with E-state index in [4.69, 9.17) is 0 Å². The van der Waals surface area contributed by atoms with Gasteiger partial charge in [-0.3, -0.25) is 4.79 Å². The average Bonchev–Trinajstić information content (AvgIpc) is 2.26. The average molecular weight is 210 g/mol. The van der Waals surface area contributed by atoms with Crippen molar-refractivity contribution in [2.75, 3.05) is 14.2 Å². The fourth-order valence-corrected chi connectivity index (χ4v) is 1.21. The molecule has 15 heavy (non-hydrogen) atoms. The minimum atomic E-state index is -0.687. The SMILES string of the molecule is COC(=O)C1=C(C(=O)OC)CC(=O)C=C1. The Morgan fingerprint density at radius 1 is 1.13 bits per heavy atom. The van der Waals surface area contributed by atoms with Gasteiger partial charge in [-0.05, 0) is 12.2 Å². The molecule has 0 amide bonds. The Kier molecular flexibility index (Phi) is 3.38. The van der Waals surface area contributed by atoms with Gasteiger partial charge in [-0.25, -0.2) is 9.59 Å². The minimum Gasteiger partial charge on any atom is -0.466 e.